The molecule has 0 aliphatic rings. The number of hydrogen-bond donors (Lipinski definition) is 1. The Morgan fingerprint density at radius 2 is 1.90 bits per heavy atom. The fourth-order valence-corrected chi connectivity index (χ4v) is 4.79. The molecule has 7 heteroatoms. The number of carbonyl (C=O) groups excluding carboxylic acids is 1. The Morgan fingerprint density at radius 3 is 2.63 bits per heavy atom. The average Bonchev–Trinajstić information content (AvgIpc) is 3.05. The van der Waals surface area contributed by atoms with Gasteiger partial charge in [0.05, 0.1) is 17.4 Å². The van der Waals surface area contributed by atoms with Gasteiger partial charge in [0.25, 0.3) is 5.56 Å². The van der Waals surface area contributed by atoms with E-state index in [0.717, 1.165) is 20.5 Å². The molecule has 0 radical (unpaired) electrons. The average molecular weight is 482 g/mol. The van der Waals surface area contributed by atoms with Crippen molar-refractivity contribution in [1.82, 2.24) is 9.55 Å². The van der Waals surface area contributed by atoms with Gasteiger partial charge in [-0.25, -0.2) is 4.98 Å². The second-order valence-electron chi connectivity index (χ2n) is 7.22. The minimum Gasteiger partial charge on any atom is -0.324 e. The molecule has 30 heavy (non-hydrogen) atoms. The minimum absolute atomic E-state index is 0.107. The van der Waals surface area contributed by atoms with Crippen LogP contribution in [0, 0.1) is 20.8 Å². The summed E-state index contributed by atoms with van der Waals surface area (Å²) in [6.45, 7) is 6.02. The van der Waals surface area contributed by atoms with E-state index in [0.29, 0.717) is 15.9 Å². The highest BCUT2D eigenvalue weighted by Gasteiger charge is 2.18. The Kier molecular flexibility index (Phi) is 5.58. The summed E-state index contributed by atoms with van der Waals surface area (Å²) in [7, 11) is 0. The Morgan fingerprint density at radius 1 is 1.13 bits per heavy atom. The highest BCUT2D eigenvalue weighted by Crippen LogP contribution is 2.36. The summed E-state index contributed by atoms with van der Waals surface area (Å²) in [6, 6.07) is 13.5. The van der Waals surface area contributed by atoms with Crippen molar-refractivity contribution in [2.75, 3.05) is 5.32 Å². The number of amides is 1. The van der Waals surface area contributed by atoms with Crippen molar-refractivity contribution in [3.05, 3.63) is 79.6 Å². The van der Waals surface area contributed by atoms with E-state index in [9.17, 15) is 9.59 Å². The van der Waals surface area contributed by atoms with E-state index in [4.69, 9.17) is 0 Å². The number of anilines is 1. The third kappa shape index (κ3) is 3.82. The molecular weight excluding hydrogens is 462 g/mol. The first-order valence-corrected chi connectivity index (χ1v) is 11.1. The first-order valence-electron chi connectivity index (χ1n) is 9.45. The van der Waals surface area contributed by atoms with E-state index >= 15 is 0 Å². The fourth-order valence-electron chi connectivity index (χ4n) is 3.40. The van der Waals surface area contributed by atoms with Crippen LogP contribution >= 0.6 is 27.3 Å². The van der Waals surface area contributed by atoms with E-state index in [1.165, 1.54) is 33.4 Å². The highest BCUT2D eigenvalue weighted by atomic mass is 79.9. The van der Waals surface area contributed by atoms with Gasteiger partial charge in [-0.2, -0.15) is 0 Å². The molecule has 2 aromatic carbocycles. The number of aromatic nitrogens is 2. The fraction of sp³-hybridized carbons (Fsp3) is 0.174. The van der Waals surface area contributed by atoms with Crippen molar-refractivity contribution in [2.45, 2.75) is 27.3 Å². The van der Waals surface area contributed by atoms with Gasteiger partial charge in [0.1, 0.15) is 11.4 Å². The number of hydrogen-bond acceptors (Lipinski definition) is 4. The summed E-state index contributed by atoms with van der Waals surface area (Å²) in [6.07, 6.45) is 1.45. The molecule has 0 bridgehead atoms. The normalized spacial score (nSPS) is 11.1. The zero-order chi connectivity index (χ0) is 21.4. The molecule has 2 heterocycles. The van der Waals surface area contributed by atoms with Crippen LogP contribution in [0.15, 0.2) is 58.1 Å². The topological polar surface area (TPSA) is 64.0 Å². The third-order valence-electron chi connectivity index (χ3n) is 5.11. The van der Waals surface area contributed by atoms with Crippen molar-refractivity contribution in [3.63, 3.8) is 0 Å². The lowest BCUT2D eigenvalue weighted by atomic mass is 9.99. The second kappa shape index (κ2) is 8.16. The molecule has 2 aromatic heterocycles. The van der Waals surface area contributed by atoms with Crippen LogP contribution < -0.4 is 10.9 Å². The van der Waals surface area contributed by atoms with E-state index < -0.39 is 0 Å². The molecule has 0 saturated heterocycles. The van der Waals surface area contributed by atoms with Gasteiger partial charge in [-0.1, -0.05) is 30.3 Å². The maximum Gasteiger partial charge on any atom is 0.263 e. The number of thiophene rings is 1. The molecular formula is C23H20BrN3O2S. The molecule has 0 fully saturated rings. The Balaban J connectivity index is 1.73. The highest BCUT2D eigenvalue weighted by molar-refractivity contribution is 9.10. The van der Waals surface area contributed by atoms with Crippen LogP contribution in [0.3, 0.4) is 0 Å². The summed E-state index contributed by atoms with van der Waals surface area (Å²) in [5.74, 6) is -0.287. The Labute approximate surface area is 186 Å². The summed E-state index contributed by atoms with van der Waals surface area (Å²) in [4.78, 5) is 32.0. The molecule has 4 aromatic rings. The number of fused-ring (bicyclic) bond motifs is 1. The zero-order valence-corrected chi connectivity index (χ0v) is 19.2. The van der Waals surface area contributed by atoms with Crippen molar-refractivity contribution >= 4 is 49.1 Å². The van der Waals surface area contributed by atoms with Gasteiger partial charge >= 0.3 is 0 Å². The Bertz CT molecular complexity index is 1340. The predicted molar refractivity (Wildman–Crippen MR) is 126 cm³/mol. The van der Waals surface area contributed by atoms with Gasteiger partial charge < -0.3 is 5.32 Å². The summed E-state index contributed by atoms with van der Waals surface area (Å²) in [5.41, 5.74) is 4.72. The standard InChI is InChI=1S/C23H20BrN3O2S/c1-13-8-9-16(10-14(13)2)20-15(3)30-22-21(20)23(29)27(12-25-22)11-19(28)26-18-7-5-4-6-17(18)24/h4-10,12H,11H2,1-3H3,(H,26,28). The maximum atomic E-state index is 13.3. The van der Waals surface area contributed by atoms with Crippen molar-refractivity contribution in [1.29, 1.82) is 0 Å². The number of rotatable bonds is 4. The van der Waals surface area contributed by atoms with E-state index in [1.807, 2.05) is 31.2 Å². The molecule has 0 aliphatic heterocycles. The lowest BCUT2D eigenvalue weighted by Gasteiger charge is -2.09. The number of carbonyl (C=O) groups is 1. The maximum absolute atomic E-state index is 13.3. The number of aryl methyl sites for hydroxylation is 3. The Hall–Kier alpha value is -2.77. The monoisotopic (exact) mass is 481 g/mol. The van der Waals surface area contributed by atoms with Gasteiger partial charge in [-0.05, 0) is 65.5 Å². The van der Waals surface area contributed by atoms with Gasteiger partial charge in [0, 0.05) is 14.9 Å². The molecule has 0 spiro atoms. The number of benzene rings is 2. The molecule has 4 rings (SSSR count). The quantitative estimate of drug-likeness (QED) is 0.421. The van der Waals surface area contributed by atoms with Gasteiger partial charge in [0.2, 0.25) is 5.91 Å². The first-order chi connectivity index (χ1) is 14.3. The van der Waals surface area contributed by atoms with Crippen LogP contribution in [0.1, 0.15) is 16.0 Å². The molecule has 1 amide bonds. The molecule has 0 atom stereocenters. The van der Waals surface area contributed by atoms with E-state index in [1.54, 1.807) is 6.07 Å². The van der Waals surface area contributed by atoms with Crippen LogP contribution in [0.5, 0.6) is 0 Å². The lowest BCUT2D eigenvalue weighted by molar-refractivity contribution is -0.116. The van der Waals surface area contributed by atoms with Crippen molar-refractivity contribution in [2.24, 2.45) is 0 Å². The number of nitrogens with zero attached hydrogens (tertiary/aromatic N) is 2. The number of halogens is 1. The largest absolute Gasteiger partial charge is 0.324 e. The first kappa shape index (κ1) is 20.5. The van der Waals surface area contributed by atoms with Gasteiger partial charge in [-0.3, -0.25) is 14.2 Å². The molecule has 0 aliphatic carbocycles. The molecule has 152 valence electrons. The van der Waals surface area contributed by atoms with E-state index in [-0.39, 0.29) is 18.0 Å². The van der Waals surface area contributed by atoms with Gasteiger partial charge in [-0.15, -0.1) is 11.3 Å². The van der Waals surface area contributed by atoms with Crippen molar-refractivity contribution < 1.29 is 4.79 Å². The van der Waals surface area contributed by atoms with Crippen LogP contribution in [-0.4, -0.2) is 15.5 Å². The summed E-state index contributed by atoms with van der Waals surface area (Å²) < 4.78 is 2.15. The summed E-state index contributed by atoms with van der Waals surface area (Å²) >= 11 is 4.91. The number of para-hydroxylation sites is 1. The summed E-state index contributed by atoms with van der Waals surface area (Å²) in [5, 5.41) is 3.40. The SMILES string of the molecule is Cc1ccc(-c2c(C)sc3ncn(CC(=O)Nc4ccccc4Br)c(=O)c23)cc1C. The van der Waals surface area contributed by atoms with Crippen molar-refractivity contribution in [3.8, 4) is 11.1 Å². The molecule has 0 unspecified atom stereocenters. The van der Waals surface area contributed by atoms with Gasteiger partial charge in [0.15, 0.2) is 0 Å². The smallest absolute Gasteiger partial charge is 0.263 e. The molecule has 5 nitrogen and oxygen atoms in total. The van der Waals surface area contributed by atoms with Crippen LogP contribution in [-0.2, 0) is 11.3 Å². The molecule has 0 saturated carbocycles. The second-order valence-corrected chi connectivity index (χ2v) is 9.28. The lowest BCUT2D eigenvalue weighted by Crippen LogP contribution is -2.27. The third-order valence-corrected chi connectivity index (χ3v) is 6.82. The minimum atomic E-state index is -0.287. The van der Waals surface area contributed by atoms with Crippen LogP contribution in [0.4, 0.5) is 5.69 Å². The van der Waals surface area contributed by atoms with Crippen LogP contribution in [0.25, 0.3) is 21.3 Å². The van der Waals surface area contributed by atoms with E-state index in [2.05, 4.69) is 52.2 Å². The predicted octanol–water partition coefficient (Wildman–Crippen LogP) is 5.45. The van der Waals surface area contributed by atoms with Crippen LogP contribution in [0.2, 0.25) is 0 Å². The molecule has 1 N–H and O–H groups in total. The number of nitrogens with one attached hydrogen (secondary N) is 1. The zero-order valence-electron chi connectivity index (χ0n) is 16.8.